The third-order valence-electron chi connectivity index (χ3n) is 3.35. The van der Waals surface area contributed by atoms with Gasteiger partial charge in [-0.05, 0) is 40.9 Å². The summed E-state index contributed by atoms with van der Waals surface area (Å²) in [5.74, 6) is 0. The first-order valence-electron chi connectivity index (χ1n) is 6.81. The predicted octanol–water partition coefficient (Wildman–Crippen LogP) is 5.07. The molecule has 0 bridgehead atoms. The summed E-state index contributed by atoms with van der Waals surface area (Å²) < 4.78 is 7.34. The molecule has 1 heterocycles. The molecule has 2 aromatic rings. The third kappa shape index (κ3) is 3.92. The minimum Gasteiger partial charge on any atom is -0.363 e. The van der Waals surface area contributed by atoms with Crippen LogP contribution >= 0.6 is 27.3 Å². The van der Waals surface area contributed by atoms with Crippen molar-refractivity contribution in [3.8, 4) is 0 Å². The smallest absolute Gasteiger partial charge is 0.107 e. The molecule has 3 unspecified atom stereocenters. The highest BCUT2D eigenvalue weighted by atomic mass is 79.9. The highest BCUT2D eigenvalue weighted by Gasteiger charge is 2.23. The van der Waals surface area contributed by atoms with Crippen LogP contribution < -0.4 is 5.73 Å². The van der Waals surface area contributed by atoms with Gasteiger partial charge in [0.25, 0.3) is 0 Å². The molecule has 0 saturated heterocycles. The quantitative estimate of drug-likeness (QED) is 0.786. The molecule has 0 aliphatic heterocycles. The molecule has 108 valence electrons. The Morgan fingerprint density at radius 2 is 2.00 bits per heavy atom. The highest BCUT2D eigenvalue weighted by Crippen LogP contribution is 2.34. The van der Waals surface area contributed by atoms with E-state index >= 15 is 0 Å². The van der Waals surface area contributed by atoms with Crippen molar-refractivity contribution < 1.29 is 4.74 Å². The Morgan fingerprint density at radius 3 is 2.55 bits per heavy atom. The Labute approximate surface area is 133 Å². The summed E-state index contributed by atoms with van der Waals surface area (Å²) in [6, 6.07) is 12.4. The van der Waals surface area contributed by atoms with E-state index in [1.54, 1.807) is 11.3 Å². The lowest BCUT2D eigenvalue weighted by atomic mass is 10.1. The maximum atomic E-state index is 6.25. The molecular weight excluding hydrogens is 334 g/mol. The maximum Gasteiger partial charge on any atom is 0.107 e. The Hall–Kier alpha value is -0.680. The van der Waals surface area contributed by atoms with E-state index in [1.807, 2.05) is 18.2 Å². The van der Waals surface area contributed by atoms with E-state index in [2.05, 4.69) is 53.4 Å². The summed E-state index contributed by atoms with van der Waals surface area (Å²) in [5, 5.41) is 2.07. The van der Waals surface area contributed by atoms with Gasteiger partial charge in [-0.3, -0.25) is 0 Å². The van der Waals surface area contributed by atoms with Gasteiger partial charge < -0.3 is 10.5 Å². The van der Waals surface area contributed by atoms with Crippen molar-refractivity contribution in [3.63, 3.8) is 0 Å². The molecule has 2 N–H and O–H groups in total. The fourth-order valence-electron chi connectivity index (χ4n) is 2.09. The molecule has 4 heteroatoms. The fraction of sp³-hybridized carbons (Fsp3) is 0.375. The van der Waals surface area contributed by atoms with Crippen molar-refractivity contribution in [3.05, 3.63) is 56.7 Å². The van der Waals surface area contributed by atoms with E-state index in [4.69, 9.17) is 10.5 Å². The van der Waals surface area contributed by atoms with Gasteiger partial charge in [-0.1, -0.05) is 37.3 Å². The number of nitrogens with two attached hydrogens (primary N) is 1. The molecule has 0 spiro atoms. The van der Waals surface area contributed by atoms with Crippen LogP contribution in [-0.2, 0) is 4.74 Å². The SMILES string of the molecule is CCC(N)C(OC(C)c1ccccc1)c1cc(Br)cs1. The first-order valence-corrected chi connectivity index (χ1v) is 8.49. The standard InChI is InChI=1S/C16H20BrNOS/c1-3-14(18)16(15-9-13(17)10-20-15)19-11(2)12-7-5-4-6-8-12/h4-11,14,16H,3,18H2,1-2H3. The molecule has 2 rings (SSSR count). The number of rotatable bonds is 6. The van der Waals surface area contributed by atoms with Gasteiger partial charge in [0.2, 0.25) is 0 Å². The molecule has 0 aliphatic carbocycles. The van der Waals surface area contributed by atoms with Crippen LogP contribution in [0.2, 0.25) is 0 Å². The van der Waals surface area contributed by atoms with Crippen molar-refractivity contribution in [2.75, 3.05) is 0 Å². The van der Waals surface area contributed by atoms with Crippen LogP contribution in [-0.4, -0.2) is 6.04 Å². The first-order chi connectivity index (χ1) is 9.61. The fourth-order valence-corrected chi connectivity index (χ4v) is 3.65. The summed E-state index contributed by atoms with van der Waals surface area (Å²) >= 11 is 5.18. The Kier molecular flexibility index (Phi) is 5.78. The average molecular weight is 354 g/mol. The molecule has 0 aliphatic rings. The number of benzene rings is 1. The van der Waals surface area contributed by atoms with Crippen LogP contribution in [0.4, 0.5) is 0 Å². The Bertz CT molecular complexity index is 528. The molecule has 1 aromatic carbocycles. The minimum absolute atomic E-state index is 0.00622. The summed E-state index contributed by atoms with van der Waals surface area (Å²) in [5.41, 5.74) is 7.43. The normalized spacial score (nSPS) is 15.8. The second-order valence-electron chi connectivity index (χ2n) is 4.85. The lowest BCUT2D eigenvalue weighted by molar-refractivity contribution is -0.0179. The van der Waals surface area contributed by atoms with Crippen molar-refractivity contribution in [1.82, 2.24) is 0 Å². The van der Waals surface area contributed by atoms with E-state index < -0.39 is 0 Å². The van der Waals surface area contributed by atoms with Crippen LogP contribution in [0.3, 0.4) is 0 Å². The van der Waals surface area contributed by atoms with Crippen LogP contribution in [0.25, 0.3) is 0 Å². The Balaban J connectivity index is 2.16. The summed E-state index contributed by atoms with van der Waals surface area (Å²) in [7, 11) is 0. The molecule has 0 radical (unpaired) electrons. The van der Waals surface area contributed by atoms with Crippen LogP contribution in [0.15, 0.2) is 46.3 Å². The summed E-state index contributed by atoms with van der Waals surface area (Å²) in [6.07, 6.45) is 0.855. The number of halogens is 1. The van der Waals surface area contributed by atoms with Crippen LogP contribution in [0, 0.1) is 0 Å². The Morgan fingerprint density at radius 1 is 1.30 bits per heavy atom. The lowest BCUT2D eigenvalue weighted by Crippen LogP contribution is -2.29. The van der Waals surface area contributed by atoms with Gasteiger partial charge >= 0.3 is 0 Å². The molecule has 0 fully saturated rings. The number of ether oxygens (including phenoxy) is 1. The molecule has 2 nitrogen and oxygen atoms in total. The highest BCUT2D eigenvalue weighted by molar-refractivity contribution is 9.10. The zero-order valence-electron chi connectivity index (χ0n) is 11.8. The second kappa shape index (κ2) is 7.36. The largest absolute Gasteiger partial charge is 0.363 e. The monoisotopic (exact) mass is 353 g/mol. The van der Waals surface area contributed by atoms with Crippen molar-refractivity contribution in [2.45, 2.75) is 38.5 Å². The number of hydrogen-bond acceptors (Lipinski definition) is 3. The molecule has 0 saturated carbocycles. The molecule has 20 heavy (non-hydrogen) atoms. The zero-order chi connectivity index (χ0) is 14.5. The van der Waals surface area contributed by atoms with Gasteiger partial charge in [-0.2, -0.15) is 0 Å². The molecule has 1 aromatic heterocycles. The minimum atomic E-state index is -0.0634. The van der Waals surface area contributed by atoms with Crippen LogP contribution in [0.5, 0.6) is 0 Å². The number of hydrogen-bond donors (Lipinski definition) is 1. The van der Waals surface area contributed by atoms with Gasteiger partial charge in [0, 0.05) is 20.8 Å². The van der Waals surface area contributed by atoms with E-state index in [1.165, 1.54) is 10.4 Å². The zero-order valence-corrected chi connectivity index (χ0v) is 14.2. The van der Waals surface area contributed by atoms with E-state index in [0.29, 0.717) is 0 Å². The van der Waals surface area contributed by atoms with Crippen molar-refractivity contribution in [2.24, 2.45) is 5.73 Å². The average Bonchev–Trinajstić information content (AvgIpc) is 2.91. The number of thiophene rings is 1. The van der Waals surface area contributed by atoms with Gasteiger partial charge in [0.1, 0.15) is 6.10 Å². The van der Waals surface area contributed by atoms with E-state index in [9.17, 15) is 0 Å². The second-order valence-corrected chi connectivity index (χ2v) is 6.71. The van der Waals surface area contributed by atoms with Gasteiger partial charge in [-0.15, -0.1) is 11.3 Å². The van der Waals surface area contributed by atoms with E-state index in [-0.39, 0.29) is 18.2 Å². The van der Waals surface area contributed by atoms with E-state index in [0.717, 1.165) is 10.9 Å². The van der Waals surface area contributed by atoms with Crippen molar-refractivity contribution in [1.29, 1.82) is 0 Å². The topological polar surface area (TPSA) is 35.2 Å². The van der Waals surface area contributed by atoms with Gasteiger partial charge in [0.05, 0.1) is 6.10 Å². The first kappa shape index (κ1) is 15.7. The summed E-state index contributed by atoms with van der Waals surface area (Å²) in [4.78, 5) is 1.18. The molecule has 3 atom stereocenters. The molecule has 0 amide bonds. The predicted molar refractivity (Wildman–Crippen MR) is 89.0 cm³/mol. The van der Waals surface area contributed by atoms with Gasteiger partial charge in [-0.25, -0.2) is 0 Å². The third-order valence-corrected chi connectivity index (χ3v) is 5.10. The van der Waals surface area contributed by atoms with Gasteiger partial charge in [0.15, 0.2) is 0 Å². The van der Waals surface area contributed by atoms with Crippen LogP contribution in [0.1, 0.15) is 42.9 Å². The molecular formula is C16H20BrNOS. The lowest BCUT2D eigenvalue weighted by Gasteiger charge is -2.26. The summed E-state index contributed by atoms with van der Waals surface area (Å²) in [6.45, 7) is 4.17. The maximum absolute atomic E-state index is 6.25. The van der Waals surface area contributed by atoms with Crippen molar-refractivity contribution >= 4 is 27.3 Å².